The normalized spacial score (nSPS) is 19.8. The third-order valence-corrected chi connectivity index (χ3v) is 10.8. The highest BCUT2D eigenvalue weighted by Crippen LogP contribution is 2.43. The Hall–Kier alpha value is -5.66. The Morgan fingerprint density at radius 3 is 2.08 bits per heavy atom. The number of tetrazole rings is 1. The predicted molar refractivity (Wildman–Crippen MR) is 197 cm³/mol. The Kier molecular flexibility index (Phi) is 9.59. The number of imide groups is 1. The molecule has 2 aliphatic heterocycles. The predicted octanol–water partition coefficient (Wildman–Crippen LogP) is 6.91. The molecule has 1 aromatic heterocycles. The molecule has 5 aromatic carbocycles. The lowest BCUT2D eigenvalue weighted by molar-refractivity contribution is -0.268. The van der Waals surface area contributed by atoms with Gasteiger partial charge < -0.3 is 19.7 Å². The highest BCUT2D eigenvalue weighted by atomic mass is 32.2. The van der Waals surface area contributed by atoms with Crippen molar-refractivity contribution in [1.29, 1.82) is 0 Å². The number of aliphatic hydroxyl groups excluding tert-OH is 1. The average Bonchev–Trinajstić information content (AvgIpc) is 3.77. The van der Waals surface area contributed by atoms with Crippen LogP contribution in [0.1, 0.15) is 62.3 Å². The summed E-state index contributed by atoms with van der Waals surface area (Å²) in [6, 6.07) is 37.1. The van der Waals surface area contributed by atoms with Crippen molar-refractivity contribution in [3.63, 3.8) is 0 Å². The summed E-state index contributed by atoms with van der Waals surface area (Å²) >= 11 is 1.47. The Morgan fingerprint density at radius 2 is 1.40 bits per heavy atom. The molecule has 4 atom stereocenters. The van der Waals surface area contributed by atoms with E-state index in [0.29, 0.717) is 22.0 Å². The molecular weight excluding hydrogens is 691 g/mol. The molecule has 0 unspecified atom stereocenters. The van der Waals surface area contributed by atoms with Gasteiger partial charge in [0.05, 0.1) is 42.2 Å². The van der Waals surface area contributed by atoms with Gasteiger partial charge in [0.2, 0.25) is 5.16 Å². The van der Waals surface area contributed by atoms with Crippen molar-refractivity contribution in [3.8, 4) is 22.6 Å². The number of benzene rings is 5. The number of thioether (sulfide) groups is 1. The third kappa shape index (κ3) is 6.85. The number of phenolic OH excluding ortho intramolecular Hbond substituents is 1. The molecule has 0 aliphatic carbocycles. The molecule has 6 aromatic rings. The van der Waals surface area contributed by atoms with Gasteiger partial charge in [0.1, 0.15) is 5.75 Å². The molecule has 11 nitrogen and oxygen atoms in total. The second-order valence-electron chi connectivity index (χ2n) is 13.0. The Balaban J connectivity index is 1.04. The van der Waals surface area contributed by atoms with E-state index in [9.17, 15) is 19.8 Å². The van der Waals surface area contributed by atoms with Crippen molar-refractivity contribution >= 4 is 23.6 Å². The van der Waals surface area contributed by atoms with Crippen molar-refractivity contribution < 1.29 is 29.3 Å². The van der Waals surface area contributed by atoms with Crippen LogP contribution in [0.15, 0.2) is 126 Å². The lowest BCUT2D eigenvalue weighted by Crippen LogP contribution is -2.38. The van der Waals surface area contributed by atoms with Crippen molar-refractivity contribution in [2.75, 3.05) is 5.75 Å². The van der Waals surface area contributed by atoms with Crippen molar-refractivity contribution in [3.05, 3.63) is 155 Å². The first-order chi connectivity index (χ1) is 25.9. The molecule has 0 spiro atoms. The van der Waals surface area contributed by atoms with E-state index in [-0.39, 0.29) is 48.8 Å². The zero-order valence-electron chi connectivity index (χ0n) is 28.6. The van der Waals surface area contributed by atoms with Gasteiger partial charge in [-0.05, 0) is 74.6 Å². The quantitative estimate of drug-likeness (QED) is 0.113. The lowest BCUT2D eigenvalue weighted by Gasteiger charge is -2.41. The van der Waals surface area contributed by atoms with Crippen LogP contribution in [0, 0.1) is 5.92 Å². The van der Waals surface area contributed by atoms with Gasteiger partial charge in [-0.25, -0.2) is 0 Å². The maximum Gasteiger partial charge on any atom is 0.261 e. The first-order valence-corrected chi connectivity index (χ1v) is 18.2. The smallest absolute Gasteiger partial charge is 0.261 e. The second-order valence-corrected chi connectivity index (χ2v) is 14.0. The third-order valence-electron chi connectivity index (χ3n) is 9.75. The van der Waals surface area contributed by atoms with E-state index in [4.69, 9.17) is 9.47 Å². The fourth-order valence-electron chi connectivity index (χ4n) is 6.80. The second kappa shape index (κ2) is 14.8. The van der Waals surface area contributed by atoms with Crippen molar-refractivity contribution in [2.45, 2.75) is 43.7 Å². The number of amides is 2. The molecule has 0 bridgehead atoms. The minimum absolute atomic E-state index is 0.0458. The van der Waals surface area contributed by atoms with E-state index in [0.717, 1.165) is 39.1 Å². The minimum atomic E-state index is -0.685. The van der Waals surface area contributed by atoms with Gasteiger partial charge in [0.15, 0.2) is 6.29 Å². The van der Waals surface area contributed by atoms with Crippen LogP contribution in [0.2, 0.25) is 0 Å². The molecule has 12 heteroatoms. The van der Waals surface area contributed by atoms with Crippen LogP contribution in [-0.2, 0) is 22.6 Å². The molecule has 2 N–H and O–H groups in total. The van der Waals surface area contributed by atoms with E-state index < -0.39 is 6.29 Å². The van der Waals surface area contributed by atoms with Crippen LogP contribution < -0.4 is 0 Å². The van der Waals surface area contributed by atoms with Gasteiger partial charge in [-0.15, -0.1) is 5.10 Å². The van der Waals surface area contributed by atoms with Crippen LogP contribution in [0.3, 0.4) is 0 Å². The molecule has 1 fully saturated rings. The SMILES string of the molecule is C[C@H]1[C@@H](CSc2nnnn2-c2ccc(O)cc2)O[C@@H](c2ccc(-c3ccccc3CN3C(=O)c4ccccc4C3=O)cc2)O[C@H]1c1ccc(CO)cc1. The number of carbonyl (C=O) groups excluding carboxylic acids is 2. The van der Waals surface area contributed by atoms with Gasteiger partial charge >= 0.3 is 0 Å². The number of hydrogen-bond acceptors (Lipinski definition) is 10. The molecule has 2 amide bonds. The molecule has 2 aliphatic rings. The Labute approximate surface area is 309 Å². The topological polar surface area (TPSA) is 140 Å². The van der Waals surface area contributed by atoms with E-state index in [1.54, 1.807) is 53.2 Å². The molecular formula is C41H35N5O6S. The number of rotatable bonds is 10. The first-order valence-electron chi connectivity index (χ1n) is 17.2. The van der Waals surface area contributed by atoms with Gasteiger partial charge in [-0.2, -0.15) is 4.68 Å². The summed E-state index contributed by atoms with van der Waals surface area (Å²) in [5.74, 6) is 0.0603. The molecule has 0 saturated carbocycles. The highest BCUT2D eigenvalue weighted by Gasteiger charge is 2.39. The fraction of sp³-hybridized carbons (Fsp3) is 0.195. The molecule has 53 heavy (non-hydrogen) atoms. The molecule has 266 valence electrons. The van der Waals surface area contributed by atoms with E-state index >= 15 is 0 Å². The zero-order valence-corrected chi connectivity index (χ0v) is 29.5. The van der Waals surface area contributed by atoms with Crippen LogP contribution >= 0.6 is 11.8 Å². The summed E-state index contributed by atoms with van der Waals surface area (Å²) < 4.78 is 15.0. The van der Waals surface area contributed by atoms with Crippen LogP contribution in [0.25, 0.3) is 16.8 Å². The van der Waals surface area contributed by atoms with E-state index in [2.05, 4.69) is 22.4 Å². The highest BCUT2D eigenvalue weighted by molar-refractivity contribution is 7.99. The van der Waals surface area contributed by atoms with E-state index in [1.807, 2.05) is 72.8 Å². The number of ether oxygens (including phenoxy) is 2. The minimum Gasteiger partial charge on any atom is -0.508 e. The summed E-state index contributed by atoms with van der Waals surface area (Å²) in [6.45, 7) is 2.21. The van der Waals surface area contributed by atoms with Gasteiger partial charge in [-0.3, -0.25) is 14.5 Å². The standard InChI is InChI=1S/C41H35N5O6S/c1-25-36(24-53-41-42-43-44-46(41)31-18-20-32(48)21-19-31)51-40(52-37(25)28-12-10-26(23-47)11-13-28)29-16-14-27(15-17-29)33-7-3-2-6-30(33)22-45-38(49)34-8-4-5-9-35(34)39(45)50/h2-21,25,36-37,40,47-48H,22-24H2,1H3/t25-,36+,37+,40+/m0/s1. The summed E-state index contributed by atoms with van der Waals surface area (Å²) in [5.41, 5.74) is 6.90. The summed E-state index contributed by atoms with van der Waals surface area (Å²) in [4.78, 5) is 27.6. The monoisotopic (exact) mass is 725 g/mol. The van der Waals surface area contributed by atoms with Crippen molar-refractivity contribution in [1.82, 2.24) is 25.1 Å². The largest absolute Gasteiger partial charge is 0.508 e. The molecule has 8 rings (SSSR count). The van der Waals surface area contributed by atoms with Gasteiger partial charge in [0.25, 0.3) is 11.8 Å². The van der Waals surface area contributed by atoms with Gasteiger partial charge in [0, 0.05) is 17.2 Å². The number of nitrogens with zero attached hydrogens (tertiary/aromatic N) is 5. The Morgan fingerprint density at radius 1 is 0.755 bits per heavy atom. The van der Waals surface area contributed by atoms with Crippen molar-refractivity contribution in [2.24, 2.45) is 5.92 Å². The number of fused-ring (bicyclic) bond motifs is 1. The van der Waals surface area contributed by atoms with Crippen LogP contribution in [-0.4, -0.2) is 59.0 Å². The number of hydrogen-bond donors (Lipinski definition) is 2. The van der Waals surface area contributed by atoms with Crippen LogP contribution in [0.4, 0.5) is 0 Å². The maximum atomic E-state index is 13.1. The molecule has 1 saturated heterocycles. The molecule has 3 heterocycles. The molecule has 0 radical (unpaired) electrons. The Bertz CT molecular complexity index is 2230. The number of carbonyl (C=O) groups is 2. The van der Waals surface area contributed by atoms with Gasteiger partial charge in [-0.1, -0.05) is 104 Å². The van der Waals surface area contributed by atoms with E-state index in [1.165, 1.54) is 16.7 Å². The number of aliphatic hydroxyl groups is 1. The summed E-state index contributed by atoms with van der Waals surface area (Å²) in [5, 5.41) is 32.3. The number of aromatic hydroxyl groups is 1. The fourth-order valence-corrected chi connectivity index (χ4v) is 7.86. The first kappa shape index (κ1) is 34.4. The number of phenols is 1. The van der Waals surface area contributed by atoms with Crippen LogP contribution in [0.5, 0.6) is 5.75 Å². The lowest BCUT2D eigenvalue weighted by atomic mass is 9.91. The maximum absolute atomic E-state index is 13.1. The summed E-state index contributed by atoms with van der Waals surface area (Å²) in [7, 11) is 0. The number of aromatic nitrogens is 4. The average molecular weight is 726 g/mol. The zero-order chi connectivity index (χ0) is 36.5. The summed E-state index contributed by atoms with van der Waals surface area (Å²) in [6.07, 6.45) is -1.25.